The van der Waals surface area contributed by atoms with E-state index in [9.17, 15) is 13.2 Å². The van der Waals surface area contributed by atoms with Gasteiger partial charge in [-0.25, -0.2) is 9.97 Å². The number of rotatable bonds is 7. The van der Waals surface area contributed by atoms with Crippen molar-refractivity contribution in [1.29, 1.82) is 0 Å². The van der Waals surface area contributed by atoms with Crippen LogP contribution < -0.4 is 30.6 Å². The molecule has 0 unspecified atom stereocenters. The molecule has 4 N–H and O–H groups in total. The van der Waals surface area contributed by atoms with Gasteiger partial charge in [-0.2, -0.15) is 0 Å². The molecule has 0 spiro atoms. The third kappa shape index (κ3) is 5.51. The van der Waals surface area contributed by atoms with Crippen LogP contribution in [0.2, 0.25) is 5.02 Å². The summed E-state index contributed by atoms with van der Waals surface area (Å²) in [6.07, 6.45) is -3.50. The van der Waals surface area contributed by atoms with Crippen LogP contribution in [0.4, 0.5) is 41.9 Å². The molecule has 3 aromatic rings. The van der Waals surface area contributed by atoms with Crippen LogP contribution in [-0.4, -0.2) is 30.5 Å². The molecular weight excluding hydrogens is 439 g/mol. The normalized spacial score (nSPS) is 11.0. The number of aromatic nitrogens is 2. The number of hydrogen-bond acceptors (Lipinski definition) is 8. The first-order valence-electron chi connectivity index (χ1n) is 8.62. The molecule has 0 aliphatic carbocycles. The number of alkyl halides is 3. The van der Waals surface area contributed by atoms with Gasteiger partial charge in [-0.05, 0) is 30.3 Å². The fourth-order valence-electron chi connectivity index (χ4n) is 2.56. The molecule has 1 aromatic heterocycles. The molecule has 0 bridgehead atoms. The Morgan fingerprint density at radius 1 is 0.935 bits per heavy atom. The molecule has 0 radical (unpaired) electrons. The standard InChI is InChI=1S/C19H17ClF3N5O3/c1-29-14-8-15(30-2)13(7-12(14)20)28-18-16(24)17(25-9-26-18)27-10-3-5-11(6-4-10)31-19(21,22)23/h3-9H,24H2,1-2H3,(H2,25,26,27,28). The molecule has 0 fully saturated rings. The molecule has 12 heteroatoms. The van der Waals surface area contributed by atoms with Crippen LogP contribution in [-0.2, 0) is 0 Å². The average Bonchev–Trinajstić information content (AvgIpc) is 2.71. The molecule has 0 atom stereocenters. The lowest BCUT2D eigenvalue weighted by atomic mass is 10.2. The third-order valence-electron chi connectivity index (χ3n) is 3.96. The maximum absolute atomic E-state index is 12.3. The molecule has 164 valence electrons. The van der Waals surface area contributed by atoms with Crippen molar-refractivity contribution in [2.24, 2.45) is 0 Å². The second kappa shape index (κ2) is 9.04. The van der Waals surface area contributed by atoms with Crippen LogP contribution in [0.5, 0.6) is 17.2 Å². The lowest BCUT2D eigenvalue weighted by molar-refractivity contribution is -0.274. The van der Waals surface area contributed by atoms with E-state index in [1.54, 1.807) is 12.1 Å². The molecule has 0 aliphatic rings. The van der Waals surface area contributed by atoms with Gasteiger partial charge in [0.15, 0.2) is 11.6 Å². The second-order valence-corrected chi connectivity index (χ2v) is 6.40. The highest BCUT2D eigenvalue weighted by Gasteiger charge is 2.31. The zero-order valence-electron chi connectivity index (χ0n) is 16.2. The number of nitrogens with one attached hydrogen (secondary N) is 2. The smallest absolute Gasteiger partial charge is 0.495 e. The van der Waals surface area contributed by atoms with E-state index in [0.29, 0.717) is 27.9 Å². The van der Waals surface area contributed by atoms with Crippen LogP contribution in [0, 0.1) is 0 Å². The summed E-state index contributed by atoms with van der Waals surface area (Å²) in [5.41, 5.74) is 7.24. The largest absolute Gasteiger partial charge is 0.573 e. The van der Waals surface area contributed by atoms with E-state index in [4.69, 9.17) is 26.8 Å². The topological polar surface area (TPSA) is 104 Å². The van der Waals surface area contributed by atoms with E-state index in [2.05, 4.69) is 25.3 Å². The number of halogens is 4. The van der Waals surface area contributed by atoms with E-state index in [1.165, 1.54) is 32.7 Å². The number of benzene rings is 2. The van der Waals surface area contributed by atoms with Gasteiger partial charge in [0, 0.05) is 11.8 Å². The highest BCUT2D eigenvalue weighted by molar-refractivity contribution is 6.32. The van der Waals surface area contributed by atoms with Crippen molar-refractivity contribution in [3.63, 3.8) is 0 Å². The van der Waals surface area contributed by atoms with E-state index >= 15 is 0 Å². The number of anilines is 5. The summed E-state index contributed by atoms with van der Waals surface area (Å²) in [6, 6.07) is 8.30. The fourth-order valence-corrected chi connectivity index (χ4v) is 2.80. The van der Waals surface area contributed by atoms with E-state index in [0.717, 1.165) is 12.1 Å². The number of ether oxygens (including phenoxy) is 3. The monoisotopic (exact) mass is 455 g/mol. The van der Waals surface area contributed by atoms with Crippen molar-refractivity contribution in [3.05, 3.63) is 47.7 Å². The summed E-state index contributed by atoms with van der Waals surface area (Å²) < 4.78 is 51.2. The molecule has 1 heterocycles. The SMILES string of the molecule is COc1cc(OC)c(Nc2ncnc(Nc3ccc(OC(F)(F)F)cc3)c2N)cc1Cl. The Hall–Kier alpha value is -3.60. The molecule has 8 nitrogen and oxygen atoms in total. The van der Waals surface area contributed by atoms with E-state index in [1.807, 2.05) is 0 Å². The Balaban J connectivity index is 1.82. The molecule has 3 rings (SSSR count). The predicted molar refractivity (Wildman–Crippen MR) is 111 cm³/mol. The highest BCUT2D eigenvalue weighted by Crippen LogP contribution is 2.38. The Morgan fingerprint density at radius 2 is 1.55 bits per heavy atom. The van der Waals surface area contributed by atoms with Crippen molar-refractivity contribution < 1.29 is 27.4 Å². The Kier molecular flexibility index (Phi) is 6.44. The molecule has 0 saturated carbocycles. The van der Waals surface area contributed by atoms with Gasteiger partial charge in [0.2, 0.25) is 0 Å². The van der Waals surface area contributed by atoms with Crippen LogP contribution >= 0.6 is 11.6 Å². The van der Waals surface area contributed by atoms with Crippen LogP contribution in [0.3, 0.4) is 0 Å². The lowest BCUT2D eigenvalue weighted by Crippen LogP contribution is -2.17. The van der Waals surface area contributed by atoms with Crippen LogP contribution in [0.15, 0.2) is 42.7 Å². The third-order valence-corrected chi connectivity index (χ3v) is 4.26. The molecule has 31 heavy (non-hydrogen) atoms. The van der Waals surface area contributed by atoms with Gasteiger partial charge in [-0.3, -0.25) is 0 Å². The number of hydrogen-bond donors (Lipinski definition) is 3. The zero-order valence-corrected chi connectivity index (χ0v) is 17.0. The number of nitrogens with two attached hydrogens (primary N) is 1. The minimum atomic E-state index is -4.77. The summed E-state index contributed by atoms with van der Waals surface area (Å²) in [4.78, 5) is 8.19. The Morgan fingerprint density at radius 3 is 2.13 bits per heavy atom. The van der Waals surface area contributed by atoms with Crippen molar-refractivity contribution in [2.75, 3.05) is 30.6 Å². The first-order valence-corrected chi connectivity index (χ1v) is 9.00. The van der Waals surface area contributed by atoms with E-state index in [-0.39, 0.29) is 23.1 Å². The maximum Gasteiger partial charge on any atom is 0.573 e. The first kappa shape index (κ1) is 22.1. The first-order chi connectivity index (χ1) is 14.7. The zero-order chi connectivity index (χ0) is 22.6. The fraction of sp³-hybridized carbons (Fsp3) is 0.158. The molecule has 0 aliphatic heterocycles. The minimum absolute atomic E-state index is 0.159. The molecule has 0 amide bonds. The van der Waals surface area contributed by atoms with Crippen molar-refractivity contribution in [3.8, 4) is 17.2 Å². The number of methoxy groups -OCH3 is 2. The van der Waals surface area contributed by atoms with Gasteiger partial charge in [-0.15, -0.1) is 13.2 Å². The van der Waals surface area contributed by atoms with Gasteiger partial charge in [0.1, 0.15) is 29.3 Å². The summed E-state index contributed by atoms with van der Waals surface area (Å²) >= 11 is 6.18. The summed E-state index contributed by atoms with van der Waals surface area (Å²) in [7, 11) is 2.96. The Bertz CT molecular complexity index is 1060. The number of nitrogens with zero attached hydrogens (tertiary/aromatic N) is 2. The van der Waals surface area contributed by atoms with Gasteiger partial charge < -0.3 is 30.6 Å². The van der Waals surface area contributed by atoms with Gasteiger partial charge in [-0.1, -0.05) is 11.6 Å². The second-order valence-electron chi connectivity index (χ2n) is 5.99. The lowest BCUT2D eigenvalue weighted by Gasteiger charge is -2.16. The van der Waals surface area contributed by atoms with Gasteiger partial charge in [0.05, 0.1) is 24.9 Å². The van der Waals surface area contributed by atoms with Crippen LogP contribution in [0.25, 0.3) is 0 Å². The minimum Gasteiger partial charge on any atom is -0.495 e. The van der Waals surface area contributed by atoms with Crippen LogP contribution in [0.1, 0.15) is 0 Å². The van der Waals surface area contributed by atoms with E-state index < -0.39 is 6.36 Å². The average molecular weight is 456 g/mol. The Labute approximate surface area is 180 Å². The van der Waals surface area contributed by atoms with Crippen molar-refractivity contribution in [1.82, 2.24) is 9.97 Å². The maximum atomic E-state index is 12.3. The predicted octanol–water partition coefficient (Wildman–Crippen LogP) is 5.12. The molecule has 2 aromatic carbocycles. The molecular formula is C19H17ClF3N5O3. The number of nitrogen functional groups attached to an aromatic ring is 1. The summed E-state index contributed by atoms with van der Waals surface area (Å²) in [5, 5.41) is 6.28. The highest BCUT2D eigenvalue weighted by atomic mass is 35.5. The van der Waals surface area contributed by atoms with Gasteiger partial charge in [0.25, 0.3) is 0 Å². The van der Waals surface area contributed by atoms with Crippen molar-refractivity contribution >= 4 is 40.3 Å². The van der Waals surface area contributed by atoms with Gasteiger partial charge >= 0.3 is 6.36 Å². The van der Waals surface area contributed by atoms with Crippen molar-refractivity contribution in [2.45, 2.75) is 6.36 Å². The summed E-state index contributed by atoms with van der Waals surface area (Å²) in [5.74, 6) is 1.02. The summed E-state index contributed by atoms with van der Waals surface area (Å²) in [6.45, 7) is 0. The quantitative estimate of drug-likeness (QED) is 0.451. The molecule has 0 saturated heterocycles.